The number of methoxy groups -OCH3 is 3. The van der Waals surface area contributed by atoms with E-state index in [1.54, 1.807) is 32.4 Å². The second-order valence-electron chi connectivity index (χ2n) is 9.08. The summed E-state index contributed by atoms with van der Waals surface area (Å²) in [6.45, 7) is 4.65. The van der Waals surface area contributed by atoms with Crippen LogP contribution in [0.5, 0.6) is 17.2 Å². The topological polar surface area (TPSA) is 108 Å². The zero-order valence-electron chi connectivity index (χ0n) is 23.6. The molecule has 0 aliphatic carbocycles. The summed E-state index contributed by atoms with van der Waals surface area (Å²) in [7, 11) is 4.76. The Balaban J connectivity index is 1.37. The maximum atomic E-state index is 13.1. The second kappa shape index (κ2) is 14.2. The molecule has 1 aromatic heterocycles. The number of nitrogens with one attached hydrogen (secondary N) is 2. The number of carbonyl (C=O) groups excluding carboxylic acids is 2. The molecule has 0 fully saturated rings. The first kappa shape index (κ1) is 30.2. The number of hydrogen-bond acceptors (Lipinski definition) is 9. The van der Waals surface area contributed by atoms with Crippen molar-refractivity contribution in [2.75, 3.05) is 45.6 Å². The fourth-order valence-electron chi connectivity index (χ4n) is 4.13. The molecular weight excluding hydrogens is 562 g/mol. The zero-order valence-corrected chi connectivity index (χ0v) is 25.2. The minimum absolute atomic E-state index is 0.0788. The van der Waals surface area contributed by atoms with Crippen LogP contribution in [0.3, 0.4) is 0 Å². The number of nitrogens with zero attached hydrogens (tertiary/aromatic N) is 1. The first-order valence-electron chi connectivity index (χ1n) is 12.9. The summed E-state index contributed by atoms with van der Waals surface area (Å²) < 4.78 is 23.2. The number of rotatable bonds is 13. The van der Waals surface area contributed by atoms with E-state index >= 15 is 0 Å². The van der Waals surface area contributed by atoms with Crippen molar-refractivity contribution < 1.29 is 28.5 Å². The standard InChI is InChI=1S/C30H33N3O6S2/c1-18-25(39-15-14-36-3)13-11-23(28(18)38-5)29(35)32-21-8-12-24-26(16-21)41-30(33-24)40-17-27(34)31-19(2)20-6-9-22(37-4)10-7-20/h6-13,16,19H,14-15,17H2,1-5H3,(H,31,34)(H,32,35)/t19-/m0/s1. The van der Waals surface area contributed by atoms with E-state index in [2.05, 4.69) is 15.6 Å². The van der Waals surface area contributed by atoms with Gasteiger partial charge in [0, 0.05) is 18.4 Å². The van der Waals surface area contributed by atoms with Gasteiger partial charge in [0.15, 0.2) is 4.34 Å². The van der Waals surface area contributed by atoms with Gasteiger partial charge in [0.1, 0.15) is 23.9 Å². The molecule has 41 heavy (non-hydrogen) atoms. The number of thioether (sulfide) groups is 1. The normalized spacial score (nSPS) is 11.6. The summed E-state index contributed by atoms with van der Waals surface area (Å²) in [6, 6.07) is 16.5. The van der Waals surface area contributed by atoms with Crippen LogP contribution in [-0.2, 0) is 9.53 Å². The molecule has 0 aliphatic rings. The number of ether oxygens (including phenoxy) is 4. The molecule has 1 heterocycles. The van der Waals surface area contributed by atoms with Crippen molar-refractivity contribution in [1.29, 1.82) is 0 Å². The molecule has 1 atom stereocenters. The Kier molecular flexibility index (Phi) is 10.4. The molecule has 0 radical (unpaired) electrons. The summed E-state index contributed by atoms with van der Waals surface area (Å²) in [5.74, 6) is 1.73. The van der Waals surface area contributed by atoms with E-state index in [0.717, 1.165) is 31.4 Å². The van der Waals surface area contributed by atoms with Crippen LogP contribution in [0.15, 0.2) is 58.9 Å². The Labute approximate surface area is 247 Å². The number of aromatic nitrogens is 1. The lowest BCUT2D eigenvalue weighted by Gasteiger charge is -2.15. The van der Waals surface area contributed by atoms with Crippen molar-refractivity contribution in [3.05, 3.63) is 71.3 Å². The molecule has 9 nitrogen and oxygen atoms in total. The average Bonchev–Trinajstić information content (AvgIpc) is 3.39. The van der Waals surface area contributed by atoms with Gasteiger partial charge in [-0.15, -0.1) is 11.3 Å². The van der Waals surface area contributed by atoms with Crippen LogP contribution in [0.4, 0.5) is 5.69 Å². The molecule has 0 unspecified atom stereocenters. The van der Waals surface area contributed by atoms with Crippen LogP contribution in [0, 0.1) is 6.92 Å². The van der Waals surface area contributed by atoms with E-state index in [4.69, 9.17) is 18.9 Å². The molecule has 0 bridgehead atoms. The van der Waals surface area contributed by atoms with E-state index in [-0.39, 0.29) is 23.6 Å². The summed E-state index contributed by atoms with van der Waals surface area (Å²) in [5, 5.41) is 5.97. The Morgan fingerprint density at radius 2 is 1.78 bits per heavy atom. The Bertz CT molecular complexity index is 1510. The largest absolute Gasteiger partial charge is 0.497 e. The molecule has 4 rings (SSSR count). The third-order valence-electron chi connectivity index (χ3n) is 6.30. The summed E-state index contributed by atoms with van der Waals surface area (Å²) in [5.41, 5.74) is 3.57. The fourth-order valence-corrected chi connectivity index (χ4v) is 6.05. The number of fused-ring (bicyclic) bond motifs is 1. The SMILES string of the molecule is COCCOc1ccc(C(=O)Nc2ccc3nc(SCC(=O)N[C@@H](C)c4ccc(OC)cc4)sc3c2)c(OC)c1C. The number of carbonyl (C=O) groups is 2. The van der Waals surface area contributed by atoms with E-state index in [0.29, 0.717) is 36.0 Å². The number of thiazole rings is 1. The highest BCUT2D eigenvalue weighted by molar-refractivity contribution is 8.01. The van der Waals surface area contributed by atoms with E-state index < -0.39 is 0 Å². The zero-order chi connectivity index (χ0) is 29.4. The van der Waals surface area contributed by atoms with Crippen molar-refractivity contribution in [1.82, 2.24) is 10.3 Å². The van der Waals surface area contributed by atoms with Crippen LogP contribution in [0.1, 0.15) is 34.5 Å². The number of amides is 2. The monoisotopic (exact) mass is 595 g/mol. The lowest BCUT2D eigenvalue weighted by Crippen LogP contribution is -2.28. The van der Waals surface area contributed by atoms with Gasteiger partial charge in [0.2, 0.25) is 5.91 Å². The molecule has 11 heteroatoms. The van der Waals surface area contributed by atoms with Crippen molar-refractivity contribution in [3.8, 4) is 17.2 Å². The lowest BCUT2D eigenvalue weighted by atomic mass is 10.1. The van der Waals surface area contributed by atoms with Gasteiger partial charge in [-0.05, 0) is 61.9 Å². The Morgan fingerprint density at radius 3 is 2.49 bits per heavy atom. The molecule has 0 saturated heterocycles. The summed E-state index contributed by atoms with van der Waals surface area (Å²) in [6.07, 6.45) is 0. The van der Waals surface area contributed by atoms with Crippen LogP contribution < -0.4 is 24.8 Å². The molecule has 0 saturated carbocycles. The Hall–Kier alpha value is -3.80. The van der Waals surface area contributed by atoms with Crippen molar-refractivity contribution in [2.24, 2.45) is 0 Å². The highest BCUT2D eigenvalue weighted by Crippen LogP contribution is 2.34. The van der Waals surface area contributed by atoms with Gasteiger partial charge in [-0.3, -0.25) is 9.59 Å². The number of benzene rings is 3. The lowest BCUT2D eigenvalue weighted by molar-refractivity contribution is -0.119. The van der Waals surface area contributed by atoms with Gasteiger partial charge in [0.25, 0.3) is 5.91 Å². The van der Waals surface area contributed by atoms with Gasteiger partial charge >= 0.3 is 0 Å². The van der Waals surface area contributed by atoms with Gasteiger partial charge < -0.3 is 29.6 Å². The predicted octanol–water partition coefficient (Wildman–Crippen LogP) is 5.87. The van der Waals surface area contributed by atoms with E-state index in [1.165, 1.54) is 30.2 Å². The van der Waals surface area contributed by atoms with Crippen molar-refractivity contribution in [2.45, 2.75) is 24.2 Å². The minimum Gasteiger partial charge on any atom is -0.497 e. The van der Waals surface area contributed by atoms with Crippen molar-refractivity contribution in [3.63, 3.8) is 0 Å². The average molecular weight is 596 g/mol. The molecule has 2 N–H and O–H groups in total. The molecule has 216 valence electrons. The third-order valence-corrected chi connectivity index (χ3v) is 8.46. The fraction of sp³-hybridized carbons (Fsp3) is 0.300. The first-order valence-corrected chi connectivity index (χ1v) is 14.7. The van der Waals surface area contributed by atoms with E-state index in [9.17, 15) is 9.59 Å². The number of anilines is 1. The first-order chi connectivity index (χ1) is 19.8. The number of hydrogen-bond donors (Lipinski definition) is 2. The van der Waals surface area contributed by atoms with Crippen LogP contribution in [0.2, 0.25) is 0 Å². The summed E-state index contributed by atoms with van der Waals surface area (Å²) >= 11 is 2.85. The molecule has 4 aromatic rings. The van der Waals surface area contributed by atoms with Gasteiger partial charge in [0.05, 0.1) is 48.4 Å². The van der Waals surface area contributed by atoms with Crippen molar-refractivity contribution >= 4 is 50.8 Å². The summed E-state index contributed by atoms with van der Waals surface area (Å²) in [4.78, 5) is 30.3. The third kappa shape index (κ3) is 7.69. The van der Waals surface area contributed by atoms with Gasteiger partial charge in [-0.2, -0.15) is 0 Å². The molecule has 0 aliphatic heterocycles. The Morgan fingerprint density at radius 1 is 1.00 bits per heavy atom. The maximum absolute atomic E-state index is 13.1. The van der Waals surface area contributed by atoms with Gasteiger partial charge in [-0.25, -0.2) is 4.98 Å². The minimum atomic E-state index is -0.297. The van der Waals surface area contributed by atoms with E-state index in [1.807, 2.05) is 50.2 Å². The quantitative estimate of drug-likeness (QED) is 0.146. The smallest absolute Gasteiger partial charge is 0.259 e. The van der Waals surface area contributed by atoms with Crippen LogP contribution >= 0.6 is 23.1 Å². The molecule has 3 aromatic carbocycles. The molecular formula is C30H33N3O6S2. The van der Waals surface area contributed by atoms with Crippen LogP contribution in [0.25, 0.3) is 10.2 Å². The predicted molar refractivity (Wildman–Crippen MR) is 163 cm³/mol. The van der Waals surface area contributed by atoms with Crippen LogP contribution in [-0.4, -0.2) is 57.1 Å². The molecule has 2 amide bonds. The van der Waals surface area contributed by atoms with Gasteiger partial charge in [-0.1, -0.05) is 23.9 Å². The maximum Gasteiger partial charge on any atom is 0.259 e. The second-order valence-corrected chi connectivity index (χ2v) is 11.3. The highest BCUT2D eigenvalue weighted by Gasteiger charge is 2.18. The highest BCUT2D eigenvalue weighted by atomic mass is 32.2. The molecule has 0 spiro atoms.